The Balaban J connectivity index is 2.25. The number of ether oxygens (including phenoxy) is 2. The molecule has 92 valence electrons. The number of hydrogen-bond donors (Lipinski definition) is 1. The highest BCUT2D eigenvalue weighted by molar-refractivity contribution is 5.77. The van der Waals surface area contributed by atoms with Gasteiger partial charge >= 0.3 is 11.9 Å². The van der Waals surface area contributed by atoms with Crippen molar-refractivity contribution in [1.82, 2.24) is 0 Å². The Bertz CT molecular complexity index is 267. The van der Waals surface area contributed by atoms with E-state index in [4.69, 9.17) is 15.2 Å². The number of carbonyl (C=O) groups excluding carboxylic acids is 2. The summed E-state index contributed by atoms with van der Waals surface area (Å²) < 4.78 is 9.69. The van der Waals surface area contributed by atoms with E-state index in [1.807, 2.05) is 0 Å². The molecule has 0 aliphatic heterocycles. The zero-order valence-electron chi connectivity index (χ0n) is 9.77. The van der Waals surface area contributed by atoms with E-state index in [1.54, 1.807) is 13.8 Å². The molecule has 1 aliphatic rings. The minimum atomic E-state index is -0.621. The van der Waals surface area contributed by atoms with Crippen molar-refractivity contribution in [1.29, 1.82) is 0 Å². The zero-order chi connectivity index (χ0) is 12.1. The first-order valence-corrected chi connectivity index (χ1v) is 5.69. The molecule has 1 aliphatic carbocycles. The Morgan fingerprint density at radius 1 is 1.31 bits per heavy atom. The van der Waals surface area contributed by atoms with Gasteiger partial charge < -0.3 is 15.2 Å². The van der Waals surface area contributed by atoms with Gasteiger partial charge in [-0.05, 0) is 32.6 Å². The van der Waals surface area contributed by atoms with Crippen LogP contribution in [0.3, 0.4) is 0 Å². The topological polar surface area (TPSA) is 78.6 Å². The molecule has 0 amide bonds. The molecule has 1 fully saturated rings. The highest BCUT2D eigenvalue weighted by Gasteiger charge is 2.45. The summed E-state index contributed by atoms with van der Waals surface area (Å²) in [6, 6.07) is -0.621. The summed E-state index contributed by atoms with van der Waals surface area (Å²) in [5.41, 5.74) is 5.65. The molecule has 0 radical (unpaired) electrons. The van der Waals surface area contributed by atoms with E-state index in [-0.39, 0.29) is 17.8 Å². The van der Waals surface area contributed by atoms with Gasteiger partial charge in [0.15, 0.2) is 0 Å². The molecule has 0 bridgehead atoms. The van der Waals surface area contributed by atoms with Crippen molar-refractivity contribution < 1.29 is 19.1 Å². The SMILES string of the molecule is CCOC(=O)[C@H](N)C[C@@H]1C[C@H]1C(=O)OCC. The first kappa shape index (κ1) is 13.0. The molecule has 0 aromatic rings. The normalized spacial score (nSPS) is 24.7. The summed E-state index contributed by atoms with van der Waals surface area (Å²) in [5.74, 6) is -0.459. The number of esters is 2. The second kappa shape index (κ2) is 5.84. The maximum atomic E-state index is 11.3. The van der Waals surface area contributed by atoms with Gasteiger partial charge in [0.05, 0.1) is 19.1 Å². The molecular formula is C11H19NO4. The van der Waals surface area contributed by atoms with E-state index in [1.165, 1.54) is 0 Å². The Kier molecular flexibility index (Phi) is 4.73. The van der Waals surface area contributed by atoms with Crippen LogP contribution in [0, 0.1) is 11.8 Å². The van der Waals surface area contributed by atoms with Crippen molar-refractivity contribution in [2.75, 3.05) is 13.2 Å². The quantitative estimate of drug-likeness (QED) is 0.670. The summed E-state index contributed by atoms with van der Waals surface area (Å²) in [5, 5.41) is 0. The van der Waals surface area contributed by atoms with Crippen LogP contribution in [0.25, 0.3) is 0 Å². The van der Waals surface area contributed by atoms with Gasteiger partial charge in [-0.25, -0.2) is 0 Å². The molecule has 1 saturated carbocycles. The summed E-state index contributed by atoms with van der Waals surface area (Å²) >= 11 is 0. The van der Waals surface area contributed by atoms with Crippen LogP contribution in [0.4, 0.5) is 0 Å². The van der Waals surface area contributed by atoms with E-state index in [0.29, 0.717) is 19.6 Å². The summed E-state index contributed by atoms with van der Waals surface area (Å²) in [6.07, 6.45) is 1.27. The van der Waals surface area contributed by atoms with Gasteiger partial charge in [0.1, 0.15) is 6.04 Å². The molecule has 1 rings (SSSR count). The molecule has 16 heavy (non-hydrogen) atoms. The molecule has 0 heterocycles. The third-order valence-electron chi connectivity index (χ3n) is 2.66. The molecule has 0 spiro atoms. The summed E-state index contributed by atoms with van der Waals surface area (Å²) in [4.78, 5) is 22.6. The van der Waals surface area contributed by atoms with Crippen LogP contribution in [-0.2, 0) is 19.1 Å². The van der Waals surface area contributed by atoms with Crippen molar-refractivity contribution in [3.63, 3.8) is 0 Å². The molecule has 0 unspecified atom stereocenters. The van der Waals surface area contributed by atoms with Crippen LogP contribution in [0.15, 0.2) is 0 Å². The fourth-order valence-electron chi connectivity index (χ4n) is 1.72. The molecular weight excluding hydrogens is 210 g/mol. The van der Waals surface area contributed by atoms with Crippen LogP contribution < -0.4 is 5.73 Å². The highest BCUT2D eigenvalue weighted by atomic mass is 16.5. The van der Waals surface area contributed by atoms with Gasteiger partial charge in [-0.3, -0.25) is 9.59 Å². The fraction of sp³-hybridized carbons (Fsp3) is 0.818. The minimum Gasteiger partial charge on any atom is -0.466 e. The number of rotatable bonds is 6. The van der Waals surface area contributed by atoms with Crippen molar-refractivity contribution >= 4 is 11.9 Å². The zero-order valence-corrected chi connectivity index (χ0v) is 9.77. The Morgan fingerprint density at radius 2 is 1.94 bits per heavy atom. The van der Waals surface area contributed by atoms with Gasteiger partial charge in [-0.15, -0.1) is 0 Å². The van der Waals surface area contributed by atoms with Crippen LogP contribution in [0.1, 0.15) is 26.7 Å². The smallest absolute Gasteiger partial charge is 0.322 e. The Morgan fingerprint density at radius 3 is 2.50 bits per heavy atom. The van der Waals surface area contributed by atoms with Crippen molar-refractivity contribution in [3.05, 3.63) is 0 Å². The van der Waals surface area contributed by atoms with Crippen LogP contribution >= 0.6 is 0 Å². The van der Waals surface area contributed by atoms with Crippen molar-refractivity contribution in [3.8, 4) is 0 Å². The third-order valence-corrected chi connectivity index (χ3v) is 2.66. The van der Waals surface area contributed by atoms with Crippen molar-refractivity contribution in [2.24, 2.45) is 17.6 Å². The van der Waals surface area contributed by atoms with E-state index in [0.717, 1.165) is 6.42 Å². The van der Waals surface area contributed by atoms with Crippen LogP contribution in [0.2, 0.25) is 0 Å². The van der Waals surface area contributed by atoms with Gasteiger partial charge in [0.25, 0.3) is 0 Å². The summed E-state index contributed by atoms with van der Waals surface area (Å²) in [6.45, 7) is 4.24. The maximum Gasteiger partial charge on any atom is 0.322 e. The monoisotopic (exact) mass is 229 g/mol. The molecule has 5 nitrogen and oxygen atoms in total. The predicted molar refractivity (Wildman–Crippen MR) is 57.5 cm³/mol. The van der Waals surface area contributed by atoms with E-state index < -0.39 is 12.0 Å². The molecule has 0 aromatic carbocycles. The van der Waals surface area contributed by atoms with Gasteiger partial charge in [-0.1, -0.05) is 0 Å². The van der Waals surface area contributed by atoms with E-state index in [9.17, 15) is 9.59 Å². The lowest BCUT2D eigenvalue weighted by Crippen LogP contribution is -2.33. The standard InChI is InChI=1S/C11H19NO4/c1-3-15-10(13)8-5-7(8)6-9(12)11(14)16-4-2/h7-9H,3-6,12H2,1-2H3/t7-,8+,9+/m0/s1. The van der Waals surface area contributed by atoms with Gasteiger partial charge in [0, 0.05) is 0 Å². The first-order chi connectivity index (χ1) is 7.60. The van der Waals surface area contributed by atoms with Crippen LogP contribution in [-0.4, -0.2) is 31.2 Å². The number of carbonyl (C=O) groups is 2. The molecule has 0 saturated heterocycles. The highest BCUT2D eigenvalue weighted by Crippen LogP contribution is 2.42. The molecule has 0 aromatic heterocycles. The van der Waals surface area contributed by atoms with Gasteiger partial charge in [-0.2, -0.15) is 0 Å². The second-order valence-corrected chi connectivity index (χ2v) is 3.95. The number of nitrogens with two attached hydrogens (primary N) is 1. The average Bonchev–Trinajstić information content (AvgIpc) is 2.98. The lowest BCUT2D eigenvalue weighted by atomic mass is 10.1. The minimum absolute atomic E-state index is 0.0690. The second-order valence-electron chi connectivity index (χ2n) is 3.95. The maximum absolute atomic E-state index is 11.3. The molecule has 3 atom stereocenters. The fourth-order valence-corrected chi connectivity index (χ4v) is 1.72. The predicted octanol–water partition coefficient (Wildman–Crippen LogP) is 0.466. The van der Waals surface area contributed by atoms with E-state index in [2.05, 4.69) is 0 Å². The van der Waals surface area contributed by atoms with Crippen molar-refractivity contribution in [2.45, 2.75) is 32.7 Å². The molecule has 2 N–H and O–H groups in total. The Hall–Kier alpha value is -1.10. The molecule has 5 heteroatoms. The Labute approximate surface area is 95.3 Å². The lowest BCUT2D eigenvalue weighted by molar-refractivity contribution is -0.147. The largest absolute Gasteiger partial charge is 0.466 e. The van der Waals surface area contributed by atoms with Gasteiger partial charge in [0.2, 0.25) is 0 Å². The average molecular weight is 229 g/mol. The van der Waals surface area contributed by atoms with E-state index >= 15 is 0 Å². The van der Waals surface area contributed by atoms with Crippen LogP contribution in [0.5, 0.6) is 0 Å². The third kappa shape index (κ3) is 3.48. The summed E-state index contributed by atoms with van der Waals surface area (Å²) in [7, 11) is 0. The first-order valence-electron chi connectivity index (χ1n) is 5.69. The number of hydrogen-bond acceptors (Lipinski definition) is 5. The lowest BCUT2D eigenvalue weighted by Gasteiger charge is -2.09.